The van der Waals surface area contributed by atoms with Gasteiger partial charge in [-0.1, -0.05) is 43.0 Å². The van der Waals surface area contributed by atoms with E-state index in [4.69, 9.17) is 10.2 Å². The van der Waals surface area contributed by atoms with Crippen LogP contribution in [0.2, 0.25) is 0 Å². The molecule has 0 spiro atoms. The first-order valence-electron chi connectivity index (χ1n) is 11.3. The molecule has 0 aliphatic carbocycles. The third kappa shape index (κ3) is 5.54. The van der Waals surface area contributed by atoms with Gasteiger partial charge in [-0.05, 0) is 54.3 Å². The van der Waals surface area contributed by atoms with Crippen molar-refractivity contribution in [2.75, 3.05) is 0 Å². The van der Waals surface area contributed by atoms with Crippen molar-refractivity contribution in [2.45, 2.75) is 50.4 Å². The lowest BCUT2D eigenvalue weighted by atomic mass is 9.97. The van der Waals surface area contributed by atoms with Crippen molar-refractivity contribution in [1.82, 2.24) is 10.3 Å². The lowest BCUT2D eigenvalue weighted by molar-refractivity contribution is -0.141. The van der Waals surface area contributed by atoms with Crippen LogP contribution in [0.15, 0.2) is 58.6 Å². The first-order valence-corrected chi connectivity index (χ1v) is 12.2. The number of carboxylic acids is 1. The minimum atomic E-state index is -1.15. The summed E-state index contributed by atoms with van der Waals surface area (Å²) in [6, 6.07) is 13.8. The molecule has 2 aliphatic rings. The molecular weight excluding hydrogens is 468 g/mol. The summed E-state index contributed by atoms with van der Waals surface area (Å²) < 4.78 is 0. The van der Waals surface area contributed by atoms with Gasteiger partial charge >= 0.3 is 5.97 Å². The number of aryl methyl sites for hydroxylation is 1. The van der Waals surface area contributed by atoms with E-state index in [9.17, 15) is 19.5 Å². The number of carboxylic acid groups (broad SMARTS) is 1. The predicted molar refractivity (Wildman–Crippen MR) is 133 cm³/mol. The maximum absolute atomic E-state index is 12.6. The van der Waals surface area contributed by atoms with E-state index >= 15 is 0 Å². The highest BCUT2D eigenvalue weighted by atomic mass is 32.2. The van der Waals surface area contributed by atoms with E-state index in [0.717, 1.165) is 35.0 Å². The first kappa shape index (κ1) is 24.5. The number of phenols is 1. The summed E-state index contributed by atoms with van der Waals surface area (Å²) in [7, 11) is 0. The summed E-state index contributed by atoms with van der Waals surface area (Å²) in [4.78, 5) is 40.0. The third-order valence-corrected chi connectivity index (χ3v) is 7.07. The lowest BCUT2D eigenvalue weighted by Gasteiger charge is -2.23. The van der Waals surface area contributed by atoms with Crippen LogP contribution in [0.3, 0.4) is 0 Å². The Morgan fingerprint density at radius 1 is 1.17 bits per heavy atom. The molecule has 0 radical (unpaired) electrons. The van der Waals surface area contributed by atoms with Gasteiger partial charge in [0, 0.05) is 12.8 Å². The van der Waals surface area contributed by atoms with E-state index in [0.29, 0.717) is 11.6 Å². The average molecular weight is 495 g/mol. The van der Waals surface area contributed by atoms with Gasteiger partial charge in [0.25, 0.3) is 5.91 Å². The number of hydrogen-bond acceptors (Lipinski definition) is 7. The van der Waals surface area contributed by atoms with E-state index < -0.39 is 29.1 Å². The maximum atomic E-state index is 12.6. The topological polar surface area (TPSA) is 132 Å². The van der Waals surface area contributed by atoms with Crippen molar-refractivity contribution in [3.05, 3.63) is 65.2 Å². The van der Waals surface area contributed by atoms with Gasteiger partial charge in [-0.3, -0.25) is 14.4 Å². The molecule has 9 nitrogen and oxygen atoms in total. The minimum Gasteiger partial charge on any atom is -0.508 e. The van der Waals surface area contributed by atoms with E-state index in [1.165, 1.54) is 12.5 Å². The van der Waals surface area contributed by atoms with Crippen molar-refractivity contribution in [2.24, 2.45) is 10.1 Å². The summed E-state index contributed by atoms with van der Waals surface area (Å²) in [6.07, 6.45) is 1.32. The van der Waals surface area contributed by atoms with Crippen LogP contribution < -0.4 is 5.32 Å². The Morgan fingerprint density at radius 3 is 2.49 bits per heavy atom. The summed E-state index contributed by atoms with van der Waals surface area (Å²) in [5.41, 5.74) is 3.88. The van der Waals surface area contributed by atoms with Gasteiger partial charge in [0.05, 0.1) is 11.8 Å². The number of hydrazone groups is 1. The minimum absolute atomic E-state index is 0.163. The molecule has 182 valence electrons. The van der Waals surface area contributed by atoms with Crippen LogP contribution in [0, 0.1) is 0 Å². The number of carbonyl (C=O) groups excluding carboxylic acids is 2. The van der Waals surface area contributed by atoms with Gasteiger partial charge in [-0.2, -0.15) is 10.1 Å². The SMILES string of the molecule is CCc1ccc([C@@H]2CC(c3ccc(O)cc3)=NN2C2=NC(=O)[C@@H](CC(=O)N[C@H](C)C(=O)O)S2)cc1. The molecule has 0 fully saturated rings. The average Bonchev–Trinajstić information content (AvgIpc) is 3.43. The Labute approximate surface area is 206 Å². The van der Waals surface area contributed by atoms with Gasteiger partial charge in [0.2, 0.25) is 5.91 Å². The van der Waals surface area contributed by atoms with Crippen molar-refractivity contribution < 1.29 is 24.6 Å². The standard InChI is InChI=1S/C25H26N4O5S/c1-3-15-4-6-17(7-5-15)20-12-19(16-8-10-18(30)11-9-16)28-29(20)25-27-23(32)21(35-25)13-22(31)26-14(2)24(33)34/h4-11,14,20-21,30H,3,12-13H2,1-2H3,(H,26,31)(H,33,34)/t14-,20+,21-/m1/s1. The van der Waals surface area contributed by atoms with E-state index in [1.807, 2.05) is 12.1 Å². The van der Waals surface area contributed by atoms with Crippen LogP contribution in [0.5, 0.6) is 5.75 Å². The molecule has 0 saturated heterocycles. The Hall–Kier alpha value is -3.66. The summed E-state index contributed by atoms with van der Waals surface area (Å²) in [5, 5.41) is 27.2. The van der Waals surface area contributed by atoms with E-state index in [2.05, 4.69) is 29.4 Å². The molecule has 3 atom stereocenters. The molecule has 2 aliphatic heterocycles. The molecule has 3 N–H and O–H groups in total. The predicted octanol–water partition coefficient (Wildman–Crippen LogP) is 3.08. The van der Waals surface area contributed by atoms with E-state index in [1.54, 1.807) is 29.3 Å². The molecule has 2 aromatic carbocycles. The third-order valence-electron chi connectivity index (χ3n) is 5.93. The largest absolute Gasteiger partial charge is 0.508 e. The molecule has 10 heteroatoms. The zero-order valence-electron chi connectivity index (χ0n) is 19.3. The van der Waals surface area contributed by atoms with Crippen molar-refractivity contribution in [3.8, 4) is 5.75 Å². The van der Waals surface area contributed by atoms with Crippen molar-refractivity contribution in [3.63, 3.8) is 0 Å². The first-order chi connectivity index (χ1) is 16.7. The second-order valence-electron chi connectivity index (χ2n) is 8.42. The van der Waals surface area contributed by atoms with Gasteiger partial charge in [0.1, 0.15) is 17.0 Å². The van der Waals surface area contributed by atoms with Crippen LogP contribution in [0.4, 0.5) is 0 Å². The second kappa shape index (κ2) is 10.3. The number of benzene rings is 2. The van der Waals surface area contributed by atoms with Crippen LogP contribution in [-0.4, -0.2) is 55.2 Å². The molecule has 0 aromatic heterocycles. The van der Waals surface area contributed by atoms with Gasteiger partial charge in [0.15, 0.2) is 5.17 Å². The zero-order chi connectivity index (χ0) is 25.1. The molecule has 0 bridgehead atoms. The molecule has 4 rings (SSSR count). The fourth-order valence-corrected chi connectivity index (χ4v) is 4.95. The number of amidine groups is 1. The Bertz CT molecular complexity index is 1190. The number of aromatic hydroxyl groups is 1. The normalized spacial score (nSPS) is 20.4. The van der Waals surface area contributed by atoms with Crippen LogP contribution in [0.1, 0.15) is 49.4 Å². The number of aliphatic carboxylic acids is 1. The molecular formula is C25H26N4O5S. The number of hydrogen-bond donors (Lipinski definition) is 3. The maximum Gasteiger partial charge on any atom is 0.325 e. The van der Waals surface area contributed by atoms with Crippen molar-refractivity contribution in [1.29, 1.82) is 0 Å². The number of aliphatic imine (C=N–C) groups is 1. The molecule has 0 unspecified atom stereocenters. The molecule has 2 aromatic rings. The van der Waals surface area contributed by atoms with Gasteiger partial charge in [-0.15, -0.1) is 0 Å². The fourth-order valence-electron chi connectivity index (χ4n) is 3.89. The Balaban J connectivity index is 1.56. The van der Waals surface area contributed by atoms with Gasteiger partial charge < -0.3 is 15.5 Å². The molecule has 2 amide bonds. The van der Waals surface area contributed by atoms with Crippen LogP contribution in [0.25, 0.3) is 0 Å². The Morgan fingerprint density at radius 2 is 1.86 bits per heavy atom. The highest BCUT2D eigenvalue weighted by Crippen LogP contribution is 2.38. The second-order valence-corrected chi connectivity index (χ2v) is 9.59. The highest BCUT2D eigenvalue weighted by Gasteiger charge is 2.39. The molecule has 35 heavy (non-hydrogen) atoms. The van der Waals surface area contributed by atoms with E-state index in [-0.39, 0.29) is 18.2 Å². The Kier molecular flexibility index (Phi) is 7.20. The molecule has 2 heterocycles. The summed E-state index contributed by atoms with van der Waals surface area (Å²) >= 11 is 1.16. The monoisotopic (exact) mass is 494 g/mol. The quantitative estimate of drug-likeness (QED) is 0.539. The van der Waals surface area contributed by atoms with Gasteiger partial charge in [-0.25, -0.2) is 5.01 Å². The lowest BCUT2D eigenvalue weighted by Crippen LogP contribution is -2.39. The molecule has 0 saturated carbocycles. The fraction of sp³-hybridized carbons (Fsp3) is 0.320. The number of nitrogens with one attached hydrogen (secondary N) is 1. The number of amides is 2. The number of rotatable bonds is 7. The number of thioether (sulfide) groups is 1. The van der Waals surface area contributed by atoms with Crippen LogP contribution >= 0.6 is 11.8 Å². The summed E-state index contributed by atoms with van der Waals surface area (Å²) in [6.45, 7) is 3.45. The smallest absolute Gasteiger partial charge is 0.325 e. The number of nitrogens with zero attached hydrogens (tertiary/aromatic N) is 3. The van der Waals surface area contributed by atoms with Crippen molar-refractivity contribution >= 4 is 40.4 Å². The number of carbonyl (C=O) groups is 3. The zero-order valence-corrected chi connectivity index (χ0v) is 20.2. The highest BCUT2D eigenvalue weighted by molar-refractivity contribution is 8.15. The van der Waals surface area contributed by atoms with Crippen LogP contribution in [-0.2, 0) is 20.8 Å². The summed E-state index contributed by atoms with van der Waals surface area (Å²) in [5.74, 6) is -1.96. The number of phenolic OH excluding ortho intramolecular Hbond substituents is 1.